The number of amides is 1. The first-order valence-electron chi connectivity index (χ1n) is 7.72. The van der Waals surface area contributed by atoms with Gasteiger partial charge < -0.3 is 10.2 Å². The van der Waals surface area contributed by atoms with Crippen molar-refractivity contribution in [1.82, 2.24) is 10.2 Å². The summed E-state index contributed by atoms with van der Waals surface area (Å²) in [4.78, 5) is 14.2. The van der Waals surface area contributed by atoms with E-state index in [0.717, 1.165) is 13.1 Å². The maximum atomic E-state index is 12.4. The van der Waals surface area contributed by atoms with Gasteiger partial charge in [0.1, 0.15) is 0 Å². The summed E-state index contributed by atoms with van der Waals surface area (Å²) in [6, 6.07) is 8.57. The Morgan fingerprint density at radius 3 is 2.57 bits per heavy atom. The summed E-state index contributed by atoms with van der Waals surface area (Å²) in [5.41, 5.74) is 2.45. The van der Waals surface area contributed by atoms with E-state index in [1.807, 2.05) is 23.7 Å². The van der Waals surface area contributed by atoms with Gasteiger partial charge in [0.25, 0.3) is 0 Å². The van der Waals surface area contributed by atoms with Crippen LogP contribution in [0.2, 0.25) is 0 Å². The van der Waals surface area contributed by atoms with Gasteiger partial charge in [0, 0.05) is 12.3 Å². The number of thioether (sulfide) groups is 1. The van der Waals surface area contributed by atoms with Crippen LogP contribution >= 0.6 is 11.8 Å². The van der Waals surface area contributed by atoms with Gasteiger partial charge in [-0.3, -0.25) is 4.79 Å². The van der Waals surface area contributed by atoms with Crippen LogP contribution in [0.4, 0.5) is 0 Å². The van der Waals surface area contributed by atoms with Gasteiger partial charge in [0.2, 0.25) is 5.91 Å². The lowest BCUT2D eigenvalue weighted by Gasteiger charge is -2.27. The van der Waals surface area contributed by atoms with Gasteiger partial charge in [-0.2, -0.15) is 0 Å². The van der Waals surface area contributed by atoms with Crippen LogP contribution in [0.5, 0.6) is 0 Å². The summed E-state index contributed by atoms with van der Waals surface area (Å²) < 4.78 is 0. The molecule has 1 atom stereocenters. The van der Waals surface area contributed by atoms with Crippen LogP contribution in [0.25, 0.3) is 0 Å². The highest BCUT2D eigenvalue weighted by Gasteiger charge is 2.20. The first-order chi connectivity index (χ1) is 10.1. The molecule has 1 saturated heterocycles. The summed E-state index contributed by atoms with van der Waals surface area (Å²) in [6.45, 7) is 6.35. The molecule has 2 rings (SSSR count). The number of piperidine rings is 1. The SMILES string of the molecule is Cc1ccc(C(C)N(C)C(=O)CSC2CCNCC2)cc1. The molecule has 1 aromatic carbocycles. The van der Waals surface area contributed by atoms with Gasteiger partial charge >= 0.3 is 0 Å². The van der Waals surface area contributed by atoms with E-state index in [1.165, 1.54) is 24.0 Å². The Kier molecular flexibility index (Phi) is 6.12. The molecule has 1 aliphatic heterocycles. The molecule has 0 saturated carbocycles. The smallest absolute Gasteiger partial charge is 0.232 e. The quantitative estimate of drug-likeness (QED) is 0.907. The first-order valence-corrected chi connectivity index (χ1v) is 8.77. The summed E-state index contributed by atoms with van der Waals surface area (Å²) >= 11 is 1.82. The Balaban J connectivity index is 1.84. The van der Waals surface area contributed by atoms with Crippen molar-refractivity contribution in [3.8, 4) is 0 Å². The van der Waals surface area contributed by atoms with Gasteiger partial charge in [-0.1, -0.05) is 29.8 Å². The van der Waals surface area contributed by atoms with E-state index < -0.39 is 0 Å². The highest BCUT2D eigenvalue weighted by Crippen LogP contribution is 2.23. The van der Waals surface area contributed by atoms with Crippen LogP contribution < -0.4 is 5.32 Å². The average Bonchev–Trinajstić information content (AvgIpc) is 2.53. The fraction of sp³-hybridized carbons (Fsp3) is 0.588. The topological polar surface area (TPSA) is 32.3 Å². The Morgan fingerprint density at radius 1 is 1.33 bits per heavy atom. The zero-order valence-corrected chi connectivity index (χ0v) is 14.1. The van der Waals surface area contributed by atoms with Crippen LogP contribution in [-0.4, -0.2) is 41.9 Å². The van der Waals surface area contributed by atoms with E-state index >= 15 is 0 Å². The molecule has 4 heteroatoms. The van der Waals surface area contributed by atoms with E-state index in [4.69, 9.17) is 0 Å². The molecular weight excluding hydrogens is 280 g/mol. The van der Waals surface area contributed by atoms with E-state index in [1.54, 1.807) is 0 Å². The minimum atomic E-state index is 0.131. The van der Waals surface area contributed by atoms with Crippen molar-refractivity contribution in [3.63, 3.8) is 0 Å². The maximum absolute atomic E-state index is 12.4. The molecule has 1 amide bonds. The second-order valence-electron chi connectivity index (χ2n) is 5.85. The monoisotopic (exact) mass is 306 g/mol. The minimum absolute atomic E-state index is 0.131. The third-order valence-electron chi connectivity index (χ3n) is 4.26. The maximum Gasteiger partial charge on any atom is 0.232 e. The summed E-state index contributed by atoms with van der Waals surface area (Å²) in [7, 11) is 1.91. The lowest BCUT2D eigenvalue weighted by Crippen LogP contribution is -2.33. The predicted molar refractivity (Wildman–Crippen MR) is 90.7 cm³/mol. The molecule has 0 radical (unpaired) electrons. The van der Waals surface area contributed by atoms with Gasteiger partial charge in [-0.05, 0) is 45.3 Å². The largest absolute Gasteiger partial charge is 0.338 e. The van der Waals surface area contributed by atoms with Gasteiger partial charge in [-0.15, -0.1) is 11.8 Å². The number of nitrogens with one attached hydrogen (secondary N) is 1. The van der Waals surface area contributed by atoms with Crippen LogP contribution in [0, 0.1) is 6.92 Å². The number of hydrogen-bond donors (Lipinski definition) is 1. The predicted octanol–water partition coefficient (Wildman–Crippen LogP) is 3.00. The van der Waals surface area contributed by atoms with E-state index in [0.29, 0.717) is 11.0 Å². The zero-order valence-electron chi connectivity index (χ0n) is 13.3. The fourth-order valence-corrected chi connectivity index (χ4v) is 3.69. The van der Waals surface area contributed by atoms with Crippen molar-refractivity contribution >= 4 is 17.7 Å². The van der Waals surface area contributed by atoms with Gasteiger partial charge in [0.05, 0.1) is 11.8 Å². The number of carbonyl (C=O) groups is 1. The molecular formula is C17H26N2OS. The van der Waals surface area contributed by atoms with Crippen LogP contribution in [-0.2, 0) is 4.79 Å². The lowest BCUT2D eigenvalue weighted by molar-refractivity contribution is -0.128. The highest BCUT2D eigenvalue weighted by atomic mass is 32.2. The van der Waals surface area contributed by atoms with Crippen molar-refractivity contribution in [1.29, 1.82) is 0 Å². The number of carbonyl (C=O) groups excluding carboxylic acids is 1. The third-order valence-corrected chi connectivity index (χ3v) is 5.62. The van der Waals surface area contributed by atoms with E-state index in [2.05, 4.69) is 43.4 Å². The molecule has 0 spiro atoms. The second-order valence-corrected chi connectivity index (χ2v) is 7.14. The molecule has 1 aliphatic rings. The lowest BCUT2D eigenvalue weighted by atomic mass is 10.1. The number of nitrogens with zero attached hydrogens (tertiary/aromatic N) is 1. The highest BCUT2D eigenvalue weighted by molar-refractivity contribution is 8.00. The van der Waals surface area contributed by atoms with Gasteiger partial charge in [-0.25, -0.2) is 0 Å². The summed E-state index contributed by atoms with van der Waals surface area (Å²) in [6.07, 6.45) is 2.35. The standard InChI is InChI=1S/C17H26N2OS/c1-13-4-6-15(7-5-13)14(2)19(3)17(20)12-21-16-8-10-18-11-9-16/h4-7,14,16,18H,8-12H2,1-3H3. The zero-order chi connectivity index (χ0) is 15.2. The van der Waals surface area contributed by atoms with Crippen LogP contribution in [0.1, 0.15) is 36.9 Å². The third kappa shape index (κ3) is 4.75. The number of rotatable bonds is 5. The Labute approximate surface area is 132 Å². The normalized spacial score (nSPS) is 17.5. The molecule has 0 aromatic heterocycles. The number of hydrogen-bond acceptors (Lipinski definition) is 3. The molecule has 1 aromatic rings. The Morgan fingerprint density at radius 2 is 1.95 bits per heavy atom. The molecule has 21 heavy (non-hydrogen) atoms. The molecule has 0 aliphatic carbocycles. The average molecular weight is 306 g/mol. The molecule has 116 valence electrons. The first kappa shape index (κ1) is 16.4. The summed E-state index contributed by atoms with van der Waals surface area (Å²) in [5.74, 6) is 0.823. The van der Waals surface area contributed by atoms with Crippen molar-refractivity contribution in [2.75, 3.05) is 25.9 Å². The van der Waals surface area contributed by atoms with Crippen LogP contribution in [0.3, 0.4) is 0 Å². The van der Waals surface area contributed by atoms with Crippen molar-refractivity contribution in [2.24, 2.45) is 0 Å². The van der Waals surface area contributed by atoms with E-state index in [9.17, 15) is 4.79 Å². The molecule has 3 nitrogen and oxygen atoms in total. The number of benzene rings is 1. The number of aryl methyl sites for hydroxylation is 1. The Bertz CT molecular complexity index is 454. The molecule has 1 heterocycles. The van der Waals surface area contributed by atoms with Crippen molar-refractivity contribution < 1.29 is 4.79 Å². The molecule has 1 unspecified atom stereocenters. The van der Waals surface area contributed by atoms with Gasteiger partial charge in [0.15, 0.2) is 0 Å². The molecule has 1 N–H and O–H groups in total. The fourth-order valence-electron chi connectivity index (χ4n) is 2.54. The molecule has 1 fully saturated rings. The molecule has 0 bridgehead atoms. The van der Waals surface area contributed by atoms with Crippen LogP contribution in [0.15, 0.2) is 24.3 Å². The summed E-state index contributed by atoms with van der Waals surface area (Å²) in [5, 5.41) is 4.00. The van der Waals surface area contributed by atoms with Crippen molar-refractivity contribution in [2.45, 2.75) is 38.0 Å². The second kappa shape index (κ2) is 7.85. The van der Waals surface area contributed by atoms with E-state index in [-0.39, 0.29) is 11.9 Å². The van der Waals surface area contributed by atoms with Crippen molar-refractivity contribution in [3.05, 3.63) is 35.4 Å². The Hall–Kier alpha value is -1.00. The minimum Gasteiger partial charge on any atom is -0.338 e.